The first-order valence-corrected chi connectivity index (χ1v) is 6.73. The fraction of sp³-hybridized carbons (Fsp3) is 0.556. The minimum Gasteiger partial charge on any atom is -0.227 e. The predicted octanol–water partition coefficient (Wildman–Crippen LogP) is 1.43. The van der Waals surface area contributed by atoms with E-state index < -0.39 is 9.84 Å². The van der Waals surface area contributed by atoms with E-state index in [1.165, 1.54) is 6.20 Å². The Hall–Kier alpha value is -0.680. The molecule has 0 aromatic carbocycles. The second-order valence-electron chi connectivity index (χ2n) is 3.52. The average Bonchev–Trinajstić information content (AvgIpc) is 2.17. The van der Waals surface area contributed by atoms with Crippen LogP contribution >= 0.6 is 11.6 Å². The summed E-state index contributed by atoms with van der Waals surface area (Å²) in [5.74, 6) is 0.200. The Bertz CT molecular complexity index is 433. The summed E-state index contributed by atoms with van der Waals surface area (Å²) in [6.45, 7) is 3.51. The molecule has 1 heterocycles. The maximum atomic E-state index is 11.8. The summed E-state index contributed by atoms with van der Waals surface area (Å²) in [6, 6.07) is 1.66. The van der Waals surface area contributed by atoms with Crippen LogP contribution in [-0.4, -0.2) is 30.0 Å². The summed E-state index contributed by atoms with van der Waals surface area (Å²) >= 11 is 5.57. The standard InChI is InChI=1S/C9H13ClN2O2S/c1-7(5-10)6-15(13,14)9-11-4-3-8(2)12-9/h3-4,7H,5-6H2,1-2H3. The molecule has 0 N–H and O–H groups in total. The molecule has 0 spiro atoms. The van der Waals surface area contributed by atoms with Gasteiger partial charge in [-0.15, -0.1) is 11.6 Å². The molecule has 0 aliphatic rings. The molecule has 84 valence electrons. The van der Waals surface area contributed by atoms with Gasteiger partial charge in [0.25, 0.3) is 0 Å². The topological polar surface area (TPSA) is 59.9 Å². The van der Waals surface area contributed by atoms with Crippen molar-refractivity contribution in [1.29, 1.82) is 0 Å². The molecule has 4 nitrogen and oxygen atoms in total. The maximum absolute atomic E-state index is 11.8. The van der Waals surface area contributed by atoms with E-state index in [-0.39, 0.29) is 16.8 Å². The van der Waals surface area contributed by atoms with E-state index in [0.717, 1.165) is 0 Å². The Labute approximate surface area is 94.6 Å². The lowest BCUT2D eigenvalue weighted by molar-refractivity contribution is 0.573. The number of sulfone groups is 1. The first kappa shape index (κ1) is 12.4. The third kappa shape index (κ3) is 3.43. The molecule has 15 heavy (non-hydrogen) atoms. The molecule has 1 aromatic rings. The van der Waals surface area contributed by atoms with Crippen molar-refractivity contribution in [3.63, 3.8) is 0 Å². The van der Waals surface area contributed by atoms with Gasteiger partial charge in [0.05, 0.1) is 5.75 Å². The van der Waals surface area contributed by atoms with Gasteiger partial charge in [-0.3, -0.25) is 0 Å². The van der Waals surface area contributed by atoms with E-state index in [2.05, 4.69) is 9.97 Å². The molecule has 0 fully saturated rings. The lowest BCUT2D eigenvalue weighted by Crippen LogP contribution is -2.17. The van der Waals surface area contributed by atoms with Gasteiger partial charge >= 0.3 is 0 Å². The van der Waals surface area contributed by atoms with Crippen LogP contribution in [0.3, 0.4) is 0 Å². The van der Waals surface area contributed by atoms with Crippen molar-refractivity contribution in [2.24, 2.45) is 5.92 Å². The van der Waals surface area contributed by atoms with Gasteiger partial charge in [-0.25, -0.2) is 18.4 Å². The highest BCUT2D eigenvalue weighted by Gasteiger charge is 2.20. The second-order valence-corrected chi connectivity index (χ2v) is 5.76. The zero-order valence-electron chi connectivity index (χ0n) is 8.64. The van der Waals surface area contributed by atoms with Crippen molar-refractivity contribution in [3.05, 3.63) is 18.0 Å². The molecule has 6 heteroatoms. The summed E-state index contributed by atoms with van der Waals surface area (Å²) in [6.07, 6.45) is 1.45. The van der Waals surface area contributed by atoms with Crippen LogP contribution in [0.25, 0.3) is 0 Å². The molecule has 0 saturated carbocycles. The van der Waals surface area contributed by atoms with E-state index in [1.54, 1.807) is 19.9 Å². The molecule has 0 aliphatic heterocycles. The van der Waals surface area contributed by atoms with Gasteiger partial charge in [0, 0.05) is 17.8 Å². The van der Waals surface area contributed by atoms with Gasteiger partial charge < -0.3 is 0 Å². The summed E-state index contributed by atoms with van der Waals surface area (Å²) < 4.78 is 23.5. The number of hydrogen-bond donors (Lipinski definition) is 0. The van der Waals surface area contributed by atoms with Crippen molar-refractivity contribution in [2.45, 2.75) is 19.0 Å². The first-order valence-electron chi connectivity index (χ1n) is 4.54. The minimum atomic E-state index is -3.40. The van der Waals surface area contributed by atoms with E-state index in [1.807, 2.05) is 0 Å². The number of nitrogens with zero attached hydrogens (tertiary/aromatic N) is 2. The van der Waals surface area contributed by atoms with Crippen LogP contribution in [-0.2, 0) is 9.84 Å². The predicted molar refractivity (Wildman–Crippen MR) is 58.7 cm³/mol. The number of halogens is 1. The largest absolute Gasteiger partial charge is 0.247 e. The molecule has 1 rings (SSSR count). The van der Waals surface area contributed by atoms with Crippen LogP contribution < -0.4 is 0 Å². The molecule has 0 amide bonds. The zero-order valence-corrected chi connectivity index (χ0v) is 10.2. The normalized spacial score (nSPS) is 13.8. The van der Waals surface area contributed by atoms with Crippen LogP contribution in [0.2, 0.25) is 0 Å². The number of hydrogen-bond acceptors (Lipinski definition) is 4. The van der Waals surface area contributed by atoms with Crippen molar-refractivity contribution >= 4 is 21.4 Å². The Kier molecular flexibility index (Phi) is 4.04. The van der Waals surface area contributed by atoms with Crippen molar-refractivity contribution in [1.82, 2.24) is 9.97 Å². The lowest BCUT2D eigenvalue weighted by Gasteiger charge is -2.07. The smallest absolute Gasteiger partial charge is 0.227 e. The molecular formula is C9H13ClN2O2S. The molecule has 1 aromatic heterocycles. The Morgan fingerprint density at radius 2 is 2.20 bits per heavy atom. The van der Waals surface area contributed by atoms with Gasteiger partial charge in [-0.2, -0.15) is 0 Å². The highest BCUT2D eigenvalue weighted by atomic mass is 35.5. The number of rotatable bonds is 4. The van der Waals surface area contributed by atoms with Crippen LogP contribution in [0.5, 0.6) is 0 Å². The molecule has 0 radical (unpaired) electrons. The van der Waals surface area contributed by atoms with Crippen LogP contribution in [0.4, 0.5) is 0 Å². The van der Waals surface area contributed by atoms with Crippen molar-refractivity contribution in [3.8, 4) is 0 Å². The Morgan fingerprint density at radius 1 is 1.53 bits per heavy atom. The van der Waals surface area contributed by atoms with Crippen molar-refractivity contribution in [2.75, 3.05) is 11.6 Å². The quantitative estimate of drug-likeness (QED) is 0.598. The van der Waals surface area contributed by atoms with Gasteiger partial charge in [0.2, 0.25) is 15.0 Å². The molecule has 1 atom stereocenters. The van der Waals surface area contributed by atoms with E-state index >= 15 is 0 Å². The zero-order chi connectivity index (χ0) is 11.5. The maximum Gasteiger partial charge on any atom is 0.247 e. The minimum absolute atomic E-state index is 0.0139. The van der Waals surface area contributed by atoms with Gasteiger partial charge in [-0.05, 0) is 18.9 Å². The fourth-order valence-corrected chi connectivity index (χ4v) is 2.83. The molecule has 0 bridgehead atoms. The third-order valence-corrected chi connectivity index (χ3v) is 4.11. The van der Waals surface area contributed by atoms with Crippen LogP contribution in [0.15, 0.2) is 17.4 Å². The molecule has 0 saturated heterocycles. The number of aryl methyl sites for hydroxylation is 1. The summed E-state index contributed by atoms with van der Waals surface area (Å²) in [5, 5.41) is -0.112. The average molecular weight is 249 g/mol. The van der Waals surface area contributed by atoms with E-state index in [4.69, 9.17) is 11.6 Å². The van der Waals surface area contributed by atoms with E-state index in [0.29, 0.717) is 11.6 Å². The summed E-state index contributed by atoms with van der Waals surface area (Å²) in [5.41, 5.74) is 0.641. The summed E-state index contributed by atoms with van der Waals surface area (Å²) in [7, 11) is -3.40. The van der Waals surface area contributed by atoms with E-state index in [9.17, 15) is 8.42 Å². The van der Waals surface area contributed by atoms with Gasteiger partial charge in [0.1, 0.15) is 0 Å². The monoisotopic (exact) mass is 248 g/mol. The number of aromatic nitrogens is 2. The van der Waals surface area contributed by atoms with Crippen LogP contribution in [0.1, 0.15) is 12.6 Å². The molecular weight excluding hydrogens is 236 g/mol. The van der Waals surface area contributed by atoms with Gasteiger partial charge in [0.15, 0.2) is 0 Å². The first-order chi connectivity index (χ1) is 6.95. The van der Waals surface area contributed by atoms with Crippen molar-refractivity contribution < 1.29 is 8.42 Å². The fourth-order valence-electron chi connectivity index (χ4n) is 1.07. The third-order valence-electron chi connectivity index (χ3n) is 1.82. The Balaban J connectivity index is 2.96. The lowest BCUT2D eigenvalue weighted by atomic mass is 10.3. The molecule has 0 aliphatic carbocycles. The summed E-state index contributed by atoms with van der Waals surface area (Å²) in [4.78, 5) is 7.65. The molecule has 1 unspecified atom stereocenters. The van der Waals surface area contributed by atoms with Crippen LogP contribution in [0, 0.1) is 12.8 Å². The second kappa shape index (κ2) is 4.90. The van der Waals surface area contributed by atoms with Gasteiger partial charge in [-0.1, -0.05) is 6.92 Å². The number of alkyl halides is 1. The Morgan fingerprint density at radius 3 is 2.73 bits per heavy atom. The highest BCUT2D eigenvalue weighted by molar-refractivity contribution is 7.91. The highest BCUT2D eigenvalue weighted by Crippen LogP contribution is 2.10. The SMILES string of the molecule is Cc1ccnc(S(=O)(=O)CC(C)CCl)n1.